The lowest BCUT2D eigenvalue weighted by Crippen LogP contribution is -2.40. The van der Waals surface area contributed by atoms with Gasteiger partial charge in [-0.15, -0.1) is 11.3 Å². The summed E-state index contributed by atoms with van der Waals surface area (Å²) in [7, 11) is 0. The van der Waals surface area contributed by atoms with Gasteiger partial charge < -0.3 is 4.90 Å². The Morgan fingerprint density at radius 1 is 1.43 bits per heavy atom. The summed E-state index contributed by atoms with van der Waals surface area (Å²) < 4.78 is 0. The van der Waals surface area contributed by atoms with Crippen LogP contribution in [0.2, 0.25) is 0 Å². The van der Waals surface area contributed by atoms with Gasteiger partial charge in [-0.1, -0.05) is 6.07 Å². The van der Waals surface area contributed by atoms with Crippen molar-refractivity contribution in [3.63, 3.8) is 0 Å². The highest BCUT2D eigenvalue weighted by Crippen LogP contribution is 2.48. The summed E-state index contributed by atoms with van der Waals surface area (Å²) in [4.78, 5) is 23.7. The van der Waals surface area contributed by atoms with E-state index >= 15 is 0 Å². The molecule has 0 aromatic carbocycles. The van der Waals surface area contributed by atoms with Crippen molar-refractivity contribution in [2.24, 2.45) is 5.92 Å². The maximum absolute atomic E-state index is 12.8. The maximum atomic E-state index is 12.8. The average Bonchev–Trinajstić information content (AvgIpc) is 3.29. The largest absolute Gasteiger partial charge is 0.342 e. The predicted molar refractivity (Wildman–Crippen MR) is 90.5 cm³/mol. The van der Waals surface area contributed by atoms with Gasteiger partial charge in [0.15, 0.2) is 0 Å². The first-order chi connectivity index (χ1) is 11.2. The van der Waals surface area contributed by atoms with E-state index in [9.17, 15) is 4.79 Å². The van der Waals surface area contributed by atoms with E-state index in [4.69, 9.17) is 0 Å². The van der Waals surface area contributed by atoms with E-state index in [1.165, 1.54) is 10.6 Å². The maximum Gasteiger partial charge on any atom is 0.226 e. The van der Waals surface area contributed by atoms with Gasteiger partial charge in [0.1, 0.15) is 0 Å². The van der Waals surface area contributed by atoms with Crippen LogP contribution in [-0.4, -0.2) is 33.9 Å². The van der Waals surface area contributed by atoms with E-state index in [0.717, 1.165) is 38.0 Å². The molecule has 1 amide bonds. The SMILES string of the molecule is Cc1csc([C@@H]2CCCN(C(=O)[C@@H]3C[C@@H]3c3cccnc3)C2)n1. The topological polar surface area (TPSA) is 46.1 Å². The molecular formula is C18H21N3OS. The molecule has 1 aliphatic heterocycles. The van der Waals surface area contributed by atoms with Crippen LogP contribution < -0.4 is 0 Å². The van der Waals surface area contributed by atoms with Gasteiger partial charge in [-0.05, 0) is 43.7 Å². The molecule has 1 aliphatic carbocycles. The zero-order valence-corrected chi connectivity index (χ0v) is 14.1. The van der Waals surface area contributed by atoms with Crippen LogP contribution in [0.25, 0.3) is 0 Å². The Kier molecular flexibility index (Phi) is 3.89. The fourth-order valence-corrected chi connectivity index (χ4v) is 4.53. The summed E-state index contributed by atoms with van der Waals surface area (Å²) in [6.07, 6.45) is 6.89. The fourth-order valence-electron chi connectivity index (χ4n) is 3.60. The van der Waals surface area contributed by atoms with Crippen LogP contribution in [0.4, 0.5) is 0 Å². The lowest BCUT2D eigenvalue weighted by Gasteiger charge is -2.32. The average molecular weight is 327 g/mol. The number of likely N-dealkylation sites (tertiary alicyclic amines) is 1. The quantitative estimate of drug-likeness (QED) is 0.868. The Hall–Kier alpha value is -1.75. The van der Waals surface area contributed by atoms with Gasteiger partial charge in [0.05, 0.1) is 5.01 Å². The van der Waals surface area contributed by atoms with Gasteiger partial charge in [0, 0.05) is 48.4 Å². The smallest absolute Gasteiger partial charge is 0.226 e. The van der Waals surface area contributed by atoms with Crippen molar-refractivity contribution in [3.05, 3.63) is 46.2 Å². The van der Waals surface area contributed by atoms with Gasteiger partial charge >= 0.3 is 0 Å². The van der Waals surface area contributed by atoms with Crippen molar-refractivity contribution in [1.29, 1.82) is 0 Å². The number of amides is 1. The molecular weight excluding hydrogens is 306 g/mol. The number of aryl methyl sites for hydroxylation is 1. The second-order valence-corrected chi connectivity index (χ2v) is 7.58. The molecule has 2 aliphatic rings. The first-order valence-electron chi connectivity index (χ1n) is 8.33. The van der Waals surface area contributed by atoms with Gasteiger partial charge in [0.25, 0.3) is 0 Å². The molecule has 2 aromatic heterocycles. The van der Waals surface area contributed by atoms with Gasteiger partial charge in [0.2, 0.25) is 5.91 Å². The first kappa shape index (κ1) is 14.8. The van der Waals surface area contributed by atoms with E-state index in [1.54, 1.807) is 17.5 Å². The van der Waals surface area contributed by atoms with E-state index in [1.807, 2.05) is 19.2 Å². The van der Waals surface area contributed by atoms with Crippen LogP contribution in [0, 0.1) is 12.8 Å². The summed E-state index contributed by atoms with van der Waals surface area (Å²) >= 11 is 1.73. The number of rotatable bonds is 3. The molecule has 2 aromatic rings. The van der Waals surface area contributed by atoms with Crippen LogP contribution in [-0.2, 0) is 4.79 Å². The molecule has 3 heterocycles. The second kappa shape index (κ2) is 6.04. The molecule has 0 radical (unpaired) electrons. The molecule has 1 saturated heterocycles. The number of hydrogen-bond donors (Lipinski definition) is 0. The van der Waals surface area contributed by atoms with Gasteiger partial charge in [-0.3, -0.25) is 9.78 Å². The lowest BCUT2D eigenvalue weighted by atomic mass is 9.98. The number of thiazole rings is 1. The van der Waals surface area contributed by atoms with E-state index < -0.39 is 0 Å². The Balaban J connectivity index is 1.41. The third kappa shape index (κ3) is 3.02. The summed E-state index contributed by atoms with van der Waals surface area (Å²) in [5.74, 6) is 1.29. The molecule has 0 spiro atoms. The third-order valence-electron chi connectivity index (χ3n) is 4.94. The molecule has 4 nitrogen and oxygen atoms in total. The van der Waals surface area contributed by atoms with Crippen molar-refractivity contribution in [2.45, 2.75) is 38.0 Å². The zero-order chi connectivity index (χ0) is 15.8. The molecule has 0 bridgehead atoms. The molecule has 2 fully saturated rings. The minimum Gasteiger partial charge on any atom is -0.342 e. The van der Waals surface area contributed by atoms with Crippen LogP contribution in [0.5, 0.6) is 0 Å². The van der Waals surface area contributed by atoms with Crippen LogP contribution in [0.3, 0.4) is 0 Å². The minimum absolute atomic E-state index is 0.163. The number of nitrogens with zero attached hydrogens (tertiary/aromatic N) is 3. The number of aromatic nitrogens is 2. The summed E-state index contributed by atoms with van der Waals surface area (Å²) in [5, 5.41) is 3.30. The molecule has 5 heteroatoms. The van der Waals surface area contributed by atoms with E-state index in [2.05, 4.69) is 26.3 Å². The Bertz CT molecular complexity index is 699. The number of carbonyl (C=O) groups excluding carboxylic acids is 1. The Labute approximate surface area is 140 Å². The second-order valence-electron chi connectivity index (χ2n) is 6.69. The molecule has 3 atom stereocenters. The molecule has 23 heavy (non-hydrogen) atoms. The number of hydrogen-bond acceptors (Lipinski definition) is 4. The van der Waals surface area contributed by atoms with Crippen LogP contribution in [0.1, 0.15) is 47.4 Å². The highest BCUT2D eigenvalue weighted by Gasteiger charge is 2.46. The minimum atomic E-state index is 0.163. The van der Waals surface area contributed by atoms with Crippen LogP contribution in [0.15, 0.2) is 29.9 Å². The normalized spacial score (nSPS) is 27.0. The molecule has 1 saturated carbocycles. The highest BCUT2D eigenvalue weighted by molar-refractivity contribution is 7.09. The predicted octanol–water partition coefficient (Wildman–Crippen LogP) is 3.36. The lowest BCUT2D eigenvalue weighted by molar-refractivity contribution is -0.133. The fraction of sp³-hybridized carbons (Fsp3) is 0.500. The first-order valence-corrected chi connectivity index (χ1v) is 9.21. The zero-order valence-electron chi connectivity index (χ0n) is 13.3. The van der Waals surface area contributed by atoms with Crippen molar-refractivity contribution in [1.82, 2.24) is 14.9 Å². The van der Waals surface area contributed by atoms with Crippen LogP contribution >= 0.6 is 11.3 Å². The monoisotopic (exact) mass is 327 g/mol. The summed E-state index contributed by atoms with van der Waals surface area (Å²) in [6, 6.07) is 4.04. The van der Waals surface area contributed by atoms with Crippen molar-refractivity contribution in [2.75, 3.05) is 13.1 Å². The molecule has 4 rings (SSSR count). The van der Waals surface area contributed by atoms with Crippen molar-refractivity contribution >= 4 is 17.2 Å². The van der Waals surface area contributed by atoms with Crippen molar-refractivity contribution in [3.8, 4) is 0 Å². The Morgan fingerprint density at radius 2 is 2.35 bits per heavy atom. The standard InChI is InChI=1S/C18H21N3OS/c1-12-11-23-17(20-12)14-5-3-7-21(10-14)18(22)16-8-15(16)13-4-2-6-19-9-13/h2,4,6,9,11,14-16H,3,5,7-8,10H2,1H3/t14-,15-,16-/m1/s1. The van der Waals surface area contributed by atoms with E-state index in [-0.39, 0.29) is 5.92 Å². The molecule has 0 N–H and O–H groups in total. The van der Waals surface area contributed by atoms with Gasteiger partial charge in [-0.25, -0.2) is 4.98 Å². The summed E-state index contributed by atoms with van der Waals surface area (Å²) in [6.45, 7) is 3.77. The Morgan fingerprint density at radius 3 is 3.09 bits per heavy atom. The third-order valence-corrected chi connectivity index (χ3v) is 6.06. The highest BCUT2D eigenvalue weighted by atomic mass is 32.1. The van der Waals surface area contributed by atoms with Gasteiger partial charge in [-0.2, -0.15) is 0 Å². The summed E-state index contributed by atoms with van der Waals surface area (Å²) in [5.41, 5.74) is 2.29. The molecule has 0 unspecified atom stereocenters. The molecule has 120 valence electrons. The van der Waals surface area contributed by atoms with Crippen molar-refractivity contribution < 1.29 is 4.79 Å². The number of pyridine rings is 1. The number of piperidine rings is 1. The number of carbonyl (C=O) groups is 1. The van der Waals surface area contributed by atoms with E-state index in [0.29, 0.717) is 17.7 Å².